The lowest BCUT2D eigenvalue weighted by Gasteiger charge is -2.43. The van der Waals surface area contributed by atoms with E-state index in [1.807, 2.05) is 81.4 Å². The average Bonchev–Trinajstić information content (AvgIpc) is 3.83. The molecule has 1 amide bonds. The third-order valence-corrected chi connectivity index (χ3v) is 15.7. The van der Waals surface area contributed by atoms with Crippen LogP contribution in [-0.2, 0) is 40.8 Å². The van der Waals surface area contributed by atoms with Crippen molar-refractivity contribution in [2.75, 3.05) is 60.0 Å². The summed E-state index contributed by atoms with van der Waals surface area (Å²) in [6, 6.07) is 38.4. The highest BCUT2D eigenvalue weighted by Gasteiger charge is 2.36. The van der Waals surface area contributed by atoms with Gasteiger partial charge in [-0.25, -0.2) is 17.9 Å². The zero-order valence-electron chi connectivity index (χ0n) is 41.8. The molecular weight excluding hydrogens is 913 g/mol. The first-order chi connectivity index (χ1) is 34.3. The first-order valence-electron chi connectivity index (χ1n) is 25.1. The van der Waals surface area contributed by atoms with Crippen molar-refractivity contribution in [1.82, 2.24) is 39.6 Å². The summed E-state index contributed by atoms with van der Waals surface area (Å²) >= 11 is 0. The fraction of sp³-hybridized carbons (Fsp3) is 0.429. The number of carbonyl (C=O) groups is 1. The highest BCUT2D eigenvalue weighted by Crippen LogP contribution is 2.41. The van der Waals surface area contributed by atoms with Crippen molar-refractivity contribution in [3.63, 3.8) is 0 Å². The number of piperidine rings is 2. The summed E-state index contributed by atoms with van der Waals surface area (Å²) in [5.74, 6) is 2.83. The largest absolute Gasteiger partial charge is 0.497 e. The number of methoxy groups -OCH3 is 2. The number of nitrogens with one attached hydrogen (secondary N) is 1. The van der Waals surface area contributed by atoms with E-state index >= 15 is 8.42 Å². The van der Waals surface area contributed by atoms with Crippen LogP contribution in [0.1, 0.15) is 80.2 Å². The third kappa shape index (κ3) is 12.7. The van der Waals surface area contributed by atoms with Crippen LogP contribution in [0.2, 0.25) is 0 Å². The molecule has 0 atom stereocenters. The molecule has 6 aromatic rings. The first kappa shape index (κ1) is 49.8. The number of hydrogen-bond donors (Lipinski definition) is 1. The van der Waals surface area contributed by atoms with Crippen LogP contribution in [0.25, 0.3) is 22.5 Å². The minimum Gasteiger partial charge on any atom is -0.497 e. The molecule has 3 aliphatic rings. The second-order valence-corrected chi connectivity index (χ2v) is 22.2. The Morgan fingerprint density at radius 2 is 1.32 bits per heavy atom. The molecule has 1 aromatic heterocycles. The van der Waals surface area contributed by atoms with Crippen molar-refractivity contribution in [2.24, 2.45) is 11.8 Å². The van der Waals surface area contributed by atoms with Gasteiger partial charge in [0.25, 0.3) is 0 Å². The van der Waals surface area contributed by atoms with Crippen LogP contribution in [-0.4, -0.2) is 115 Å². The van der Waals surface area contributed by atoms with Gasteiger partial charge in [0.05, 0.1) is 31.2 Å². The fourth-order valence-corrected chi connectivity index (χ4v) is 11.7. The van der Waals surface area contributed by atoms with E-state index in [9.17, 15) is 4.79 Å². The van der Waals surface area contributed by atoms with Gasteiger partial charge in [0.1, 0.15) is 17.1 Å². The topological polar surface area (TPSA) is 144 Å². The highest BCUT2D eigenvalue weighted by atomic mass is 32.2. The van der Waals surface area contributed by atoms with E-state index < -0.39 is 15.6 Å². The number of tetrazole rings is 1. The molecule has 0 spiro atoms. The van der Waals surface area contributed by atoms with Gasteiger partial charge < -0.3 is 24.0 Å². The third-order valence-electron chi connectivity index (χ3n) is 14.2. The molecule has 3 fully saturated rings. The van der Waals surface area contributed by atoms with E-state index in [4.69, 9.17) is 19.3 Å². The van der Waals surface area contributed by atoms with E-state index in [1.54, 1.807) is 19.1 Å². The molecule has 3 saturated heterocycles. The number of likely N-dealkylation sites (tertiary alicyclic amines) is 3. The molecule has 0 aliphatic carbocycles. The number of benzene rings is 5. The zero-order chi connectivity index (χ0) is 49.5. The van der Waals surface area contributed by atoms with Crippen molar-refractivity contribution in [1.29, 1.82) is 0 Å². The predicted molar refractivity (Wildman–Crippen MR) is 276 cm³/mol. The second-order valence-electron chi connectivity index (χ2n) is 20.5. The fourth-order valence-electron chi connectivity index (χ4n) is 10.3. The molecule has 3 aliphatic heterocycles. The SMILES string of the molecule is COc1ccc(CNS(=O)(=O)c2c(CC3CCN(Cc4ccccc4)CC3)ccc(-c3ccc(C4CCN(CC5CN(C(=O)OC(C)(C)C)C5)CC4)cc3)c2-c2nnn(Cc3ccc(OC)cc3)n2)cc1. The molecule has 0 bridgehead atoms. The lowest BCUT2D eigenvalue weighted by Crippen LogP contribution is -2.55. The Labute approximate surface area is 419 Å². The molecule has 374 valence electrons. The summed E-state index contributed by atoms with van der Waals surface area (Å²) in [4.78, 5) is 21.0. The second kappa shape index (κ2) is 22.1. The summed E-state index contributed by atoms with van der Waals surface area (Å²) in [5.41, 5.74) is 6.60. The standard InChI is InChI=1S/C56H68N8O6S/c1-56(2,3)70-55(65)63-37-44(38-63)36-62-31-27-46(28-32-62)45-15-17-47(18-16-45)51-24-19-48(33-40-25-29-61(30-26-40)35-42-9-7-6-8-10-42)53(71(66,67)57-34-41-11-20-49(68-4)21-12-41)52(51)54-58-60-64(59-54)39-43-13-22-50(69-5)23-14-43/h6-24,40,44,46,57H,25-39H2,1-5H3. The van der Waals surface area contributed by atoms with Crippen LogP contribution in [0, 0.1) is 11.8 Å². The minimum absolute atomic E-state index is 0.0869. The highest BCUT2D eigenvalue weighted by molar-refractivity contribution is 7.89. The smallest absolute Gasteiger partial charge is 0.410 e. The molecule has 15 heteroatoms. The summed E-state index contributed by atoms with van der Waals surface area (Å²) in [5, 5.41) is 14.1. The van der Waals surface area contributed by atoms with Gasteiger partial charge in [0, 0.05) is 38.6 Å². The quantitative estimate of drug-likeness (QED) is 0.0935. The van der Waals surface area contributed by atoms with Crippen molar-refractivity contribution in [2.45, 2.75) is 88.9 Å². The van der Waals surface area contributed by atoms with Gasteiger partial charge in [-0.1, -0.05) is 91.0 Å². The number of carbonyl (C=O) groups excluding carboxylic acids is 1. The number of sulfonamides is 1. The zero-order valence-corrected chi connectivity index (χ0v) is 42.6. The van der Waals surface area contributed by atoms with E-state index in [0.717, 1.165) is 112 Å². The first-order valence-corrected chi connectivity index (χ1v) is 26.5. The number of hydrogen-bond acceptors (Lipinski definition) is 11. The molecule has 0 radical (unpaired) electrons. The normalized spacial score (nSPS) is 16.7. The maximum atomic E-state index is 15.2. The Kier molecular flexibility index (Phi) is 15.5. The van der Waals surface area contributed by atoms with Gasteiger partial charge in [0.15, 0.2) is 0 Å². The number of amides is 1. The molecule has 1 N–H and O–H groups in total. The van der Waals surface area contributed by atoms with Crippen LogP contribution in [0.5, 0.6) is 11.5 Å². The summed E-state index contributed by atoms with van der Waals surface area (Å²) in [7, 11) is -0.931. The van der Waals surface area contributed by atoms with Gasteiger partial charge in [0.2, 0.25) is 15.8 Å². The van der Waals surface area contributed by atoms with E-state index in [-0.39, 0.29) is 29.3 Å². The van der Waals surface area contributed by atoms with Crippen LogP contribution < -0.4 is 14.2 Å². The van der Waals surface area contributed by atoms with Gasteiger partial charge in [-0.2, -0.15) is 4.80 Å². The van der Waals surface area contributed by atoms with Crippen molar-refractivity contribution < 1.29 is 27.4 Å². The van der Waals surface area contributed by atoms with Crippen LogP contribution in [0.3, 0.4) is 0 Å². The van der Waals surface area contributed by atoms with Crippen LogP contribution in [0.15, 0.2) is 120 Å². The van der Waals surface area contributed by atoms with E-state index in [1.165, 1.54) is 15.9 Å². The van der Waals surface area contributed by atoms with Gasteiger partial charge >= 0.3 is 6.09 Å². The Morgan fingerprint density at radius 1 is 0.704 bits per heavy atom. The molecule has 14 nitrogen and oxygen atoms in total. The Balaban J connectivity index is 0.994. The molecule has 0 unspecified atom stereocenters. The minimum atomic E-state index is -4.18. The molecule has 5 aromatic carbocycles. The maximum Gasteiger partial charge on any atom is 0.410 e. The maximum absolute atomic E-state index is 15.2. The number of rotatable bonds is 17. The monoisotopic (exact) mass is 980 g/mol. The Bertz CT molecular complexity index is 2810. The molecular formula is C56H68N8O6S. The van der Waals surface area contributed by atoms with Crippen molar-refractivity contribution >= 4 is 16.1 Å². The number of ether oxygens (including phenoxy) is 3. The summed E-state index contributed by atoms with van der Waals surface area (Å²) in [6.45, 7) is 13.3. The number of nitrogens with zero attached hydrogens (tertiary/aromatic N) is 7. The Morgan fingerprint density at radius 3 is 1.96 bits per heavy atom. The average molecular weight is 981 g/mol. The number of aromatic nitrogens is 4. The molecule has 71 heavy (non-hydrogen) atoms. The molecule has 0 saturated carbocycles. The molecule has 9 rings (SSSR count). The van der Waals surface area contributed by atoms with Gasteiger partial charge in [-0.3, -0.25) is 4.90 Å². The van der Waals surface area contributed by atoms with Crippen molar-refractivity contribution in [3.8, 4) is 34.0 Å². The summed E-state index contributed by atoms with van der Waals surface area (Å²) < 4.78 is 49.7. The molecule has 4 heterocycles. The van der Waals surface area contributed by atoms with Crippen LogP contribution in [0.4, 0.5) is 4.79 Å². The van der Waals surface area contributed by atoms with Gasteiger partial charge in [-0.05, 0) is 159 Å². The van der Waals surface area contributed by atoms with Crippen LogP contribution >= 0.6 is 0 Å². The van der Waals surface area contributed by atoms with E-state index in [2.05, 4.69) is 79.4 Å². The predicted octanol–water partition coefficient (Wildman–Crippen LogP) is 9.05. The summed E-state index contributed by atoms with van der Waals surface area (Å²) in [6.07, 6.45) is 4.34. The van der Waals surface area contributed by atoms with Gasteiger partial charge in [-0.15, -0.1) is 10.2 Å². The van der Waals surface area contributed by atoms with E-state index in [0.29, 0.717) is 36.1 Å². The lowest BCUT2D eigenvalue weighted by molar-refractivity contribution is -0.00750. The lowest BCUT2D eigenvalue weighted by atomic mass is 9.86. The Hall–Kier alpha value is -6.13. The van der Waals surface area contributed by atoms with Crippen molar-refractivity contribution in [3.05, 3.63) is 143 Å².